The molecule has 0 unspecified atom stereocenters. The Morgan fingerprint density at radius 3 is 2.61 bits per heavy atom. The number of nitrogens with zero attached hydrogens (tertiary/aromatic N) is 1. The molecular formula is C14H22N2OS. The Kier molecular flexibility index (Phi) is 6.83. The molecule has 0 aliphatic rings. The Morgan fingerprint density at radius 1 is 1.33 bits per heavy atom. The van der Waals surface area contributed by atoms with Crippen LogP contribution in [0.5, 0.6) is 0 Å². The second kappa shape index (κ2) is 8.16. The molecule has 0 atom stereocenters. The van der Waals surface area contributed by atoms with Gasteiger partial charge in [-0.15, -0.1) is 11.8 Å². The van der Waals surface area contributed by atoms with Crippen molar-refractivity contribution in [1.29, 1.82) is 0 Å². The zero-order chi connectivity index (χ0) is 13.4. The molecule has 0 fully saturated rings. The smallest absolute Gasteiger partial charge is 0.234 e. The third-order valence-corrected chi connectivity index (χ3v) is 3.34. The molecule has 1 aromatic rings. The van der Waals surface area contributed by atoms with Crippen LogP contribution in [0.2, 0.25) is 0 Å². The van der Waals surface area contributed by atoms with Gasteiger partial charge in [-0.3, -0.25) is 9.69 Å². The second-order valence-corrected chi connectivity index (χ2v) is 5.79. The molecule has 18 heavy (non-hydrogen) atoms. The molecular weight excluding hydrogens is 244 g/mol. The van der Waals surface area contributed by atoms with E-state index >= 15 is 0 Å². The van der Waals surface area contributed by atoms with Crippen LogP contribution in [0.15, 0.2) is 35.2 Å². The fourth-order valence-electron chi connectivity index (χ4n) is 1.53. The first-order valence-electron chi connectivity index (χ1n) is 6.23. The van der Waals surface area contributed by atoms with Gasteiger partial charge in [-0.05, 0) is 33.0 Å². The Hall–Kier alpha value is -1.00. The van der Waals surface area contributed by atoms with Gasteiger partial charge in [-0.2, -0.15) is 0 Å². The van der Waals surface area contributed by atoms with Gasteiger partial charge >= 0.3 is 0 Å². The van der Waals surface area contributed by atoms with E-state index in [1.807, 2.05) is 55.8 Å². The highest BCUT2D eigenvalue weighted by Crippen LogP contribution is 2.16. The average molecular weight is 266 g/mol. The number of thioether (sulfide) groups is 1. The molecule has 0 heterocycles. The van der Waals surface area contributed by atoms with Crippen LogP contribution >= 0.6 is 11.8 Å². The Bertz CT molecular complexity index is 354. The molecule has 1 amide bonds. The molecule has 3 nitrogen and oxygen atoms in total. The van der Waals surface area contributed by atoms with Crippen molar-refractivity contribution >= 4 is 17.7 Å². The first kappa shape index (κ1) is 15.1. The highest BCUT2D eigenvalue weighted by Gasteiger charge is 2.07. The van der Waals surface area contributed by atoms with Gasteiger partial charge in [0.1, 0.15) is 0 Å². The predicted molar refractivity (Wildman–Crippen MR) is 77.9 cm³/mol. The Morgan fingerprint density at radius 2 is 2.00 bits per heavy atom. The molecule has 4 heteroatoms. The standard InChI is InChI=1S/C14H22N2OS/c1-12(2)15-14(17)11-16(3)9-10-18-13-7-5-4-6-8-13/h4-8,12H,9-11H2,1-3H3,(H,15,17). The molecule has 0 aliphatic carbocycles. The lowest BCUT2D eigenvalue weighted by Crippen LogP contribution is -2.39. The van der Waals surface area contributed by atoms with E-state index in [0.29, 0.717) is 6.54 Å². The van der Waals surface area contributed by atoms with Crippen molar-refractivity contribution in [3.63, 3.8) is 0 Å². The van der Waals surface area contributed by atoms with E-state index in [1.54, 1.807) is 0 Å². The minimum Gasteiger partial charge on any atom is -0.353 e. The van der Waals surface area contributed by atoms with Crippen LogP contribution in [-0.4, -0.2) is 42.7 Å². The number of carbonyl (C=O) groups is 1. The summed E-state index contributed by atoms with van der Waals surface area (Å²) in [4.78, 5) is 14.9. The number of likely N-dealkylation sites (N-methyl/N-ethyl adjacent to an activating group) is 1. The average Bonchev–Trinajstić information content (AvgIpc) is 2.29. The zero-order valence-electron chi connectivity index (χ0n) is 11.3. The van der Waals surface area contributed by atoms with Crippen LogP contribution in [0, 0.1) is 0 Å². The topological polar surface area (TPSA) is 32.3 Å². The summed E-state index contributed by atoms with van der Waals surface area (Å²) in [6.45, 7) is 5.32. The largest absolute Gasteiger partial charge is 0.353 e. The van der Waals surface area contributed by atoms with Crippen molar-refractivity contribution in [2.24, 2.45) is 0 Å². The summed E-state index contributed by atoms with van der Waals surface area (Å²) in [6.07, 6.45) is 0. The summed E-state index contributed by atoms with van der Waals surface area (Å²) in [5.74, 6) is 1.09. The number of hydrogen-bond acceptors (Lipinski definition) is 3. The molecule has 0 saturated heterocycles. The molecule has 1 aromatic carbocycles. The summed E-state index contributed by atoms with van der Waals surface area (Å²) in [6, 6.07) is 10.5. The number of rotatable bonds is 7. The Balaban J connectivity index is 2.17. The van der Waals surface area contributed by atoms with Crippen molar-refractivity contribution in [2.75, 3.05) is 25.9 Å². The number of nitrogens with one attached hydrogen (secondary N) is 1. The molecule has 1 rings (SSSR count). The first-order valence-corrected chi connectivity index (χ1v) is 7.22. The van der Waals surface area contributed by atoms with Gasteiger partial charge in [-0.1, -0.05) is 18.2 Å². The van der Waals surface area contributed by atoms with Crippen LogP contribution in [0.4, 0.5) is 0 Å². The van der Waals surface area contributed by atoms with Crippen LogP contribution in [0.1, 0.15) is 13.8 Å². The summed E-state index contributed by atoms with van der Waals surface area (Å²) in [5, 5.41) is 2.89. The highest BCUT2D eigenvalue weighted by atomic mass is 32.2. The predicted octanol–water partition coefficient (Wildman–Crippen LogP) is 2.24. The normalized spacial score (nSPS) is 10.9. The van der Waals surface area contributed by atoms with E-state index in [4.69, 9.17) is 0 Å². The summed E-state index contributed by atoms with van der Waals surface area (Å²) in [5.41, 5.74) is 0. The van der Waals surface area contributed by atoms with Crippen molar-refractivity contribution in [2.45, 2.75) is 24.8 Å². The third-order valence-electron chi connectivity index (χ3n) is 2.35. The number of hydrogen-bond donors (Lipinski definition) is 1. The quantitative estimate of drug-likeness (QED) is 0.768. The maximum atomic E-state index is 11.5. The minimum absolute atomic E-state index is 0.0946. The third kappa shape index (κ3) is 6.67. The highest BCUT2D eigenvalue weighted by molar-refractivity contribution is 7.99. The SMILES string of the molecule is CC(C)NC(=O)CN(C)CCSc1ccccc1. The zero-order valence-corrected chi connectivity index (χ0v) is 12.2. The van der Waals surface area contributed by atoms with Crippen molar-refractivity contribution in [3.8, 4) is 0 Å². The molecule has 100 valence electrons. The fourth-order valence-corrected chi connectivity index (χ4v) is 2.52. The summed E-state index contributed by atoms with van der Waals surface area (Å²) < 4.78 is 0. The Labute approximate surface area is 114 Å². The number of amides is 1. The van der Waals surface area contributed by atoms with Gasteiger partial charge in [0.25, 0.3) is 0 Å². The van der Waals surface area contributed by atoms with Gasteiger partial charge in [0, 0.05) is 23.2 Å². The second-order valence-electron chi connectivity index (χ2n) is 4.62. The lowest BCUT2D eigenvalue weighted by molar-refractivity contribution is -0.122. The molecule has 0 aromatic heterocycles. The lowest BCUT2D eigenvalue weighted by Gasteiger charge is -2.17. The summed E-state index contributed by atoms with van der Waals surface area (Å²) in [7, 11) is 1.98. The number of carbonyl (C=O) groups excluding carboxylic acids is 1. The van der Waals surface area contributed by atoms with E-state index in [2.05, 4.69) is 17.4 Å². The van der Waals surface area contributed by atoms with Gasteiger partial charge in [-0.25, -0.2) is 0 Å². The molecule has 0 radical (unpaired) electrons. The minimum atomic E-state index is 0.0946. The van der Waals surface area contributed by atoms with Gasteiger partial charge in [0.05, 0.1) is 6.54 Å². The van der Waals surface area contributed by atoms with Gasteiger partial charge in [0.2, 0.25) is 5.91 Å². The van der Waals surface area contributed by atoms with Crippen molar-refractivity contribution in [1.82, 2.24) is 10.2 Å². The van der Waals surface area contributed by atoms with E-state index in [1.165, 1.54) is 4.90 Å². The molecule has 0 spiro atoms. The maximum absolute atomic E-state index is 11.5. The molecule has 0 aliphatic heterocycles. The maximum Gasteiger partial charge on any atom is 0.234 e. The van der Waals surface area contributed by atoms with Crippen LogP contribution in [0.3, 0.4) is 0 Å². The monoisotopic (exact) mass is 266 g/mol. The van der Waals surface area contributed by atoms with Crippen molar-refractivity contribution in [3.05, 3.63) is 30.3 Å². The molecule has 0 bridgehead atoms. The lowest BCUT2D eigenvalue weighted by atomic mass is 10.4. The van der Waals surface area contributed by atoms with E-state index in [9.17, 15) is 4.79 Å². The molecule has 1 N–H and O–H groups in total. The van der Waals surface area contributed by atoms with Crippen LogP contribution in [-0.2, 0) is 4.79 Å². The fraction of sp³-hybridized carbons (Fsp3) is 0.500. The molecule has 0 saturated carbocycles. The van der Waals surface area contributed by atoms with Gasteiger partial charge < -0.3 is 5.32 Å². The van der Waals surface area contributed by atoms with Crippen LogP contribution < -0.4 is 5.32 Å². The van der Waals surface area contributed by atoms with Gasteiger partial charge in [0.15, 0.2) is 0 Å². The van der Waals surface area contributed by atoms with E-state index < -0.39 is 0 Å². The van der Waals surface area contributed by atoms with Crippen LogP contribution in [0.25, 0.3) is 0 Å². The van der Waals surface area contributed by atoms with E-state index in [0.717, 1.165) is 12.3 Å². The summed E-state index contributed by atoms with van der Waals surface area (Å²) >= 11 is 1.82. The first-order chi connectivity index (χ1) is 8.58. The van der Waals surface area contributed by atoms with E-state index in [-0.39, 0.29) is 11.9 Å². The number of benzene rings is 1. The van der Waals surface area contributed by atoms with Crippen molar-refractivity contribution < 1.29 is 4.79 Å².